The minimum absolute atomic E-state index is 0. The first-order chi connectivity index (χ1) is 4.21. The van der Waals surface area contributed by atoms with Gasteiger partial charge in [-0.05, 0) is 19.3 Å². The highest BCUT2D eigenvalue weighted by Crippen LogP contribution is 2.40. The fourth-order valence-electron chi connectivity index (χ4n) is 0.904. The molecule has 0 aliphatic heterocycles. The average Bonchev–Trinajstić information content (AvgIpc) is 1.62. The Labute approximate surface area is 65.1 Å². The van der Waals surface area contributed by atoms with Crippen molar-refractivity contribution < 1.29 is 9.90 Å². The van der Waals surface area contributed by atoms with Gasteiger partial charge in [0.15, 0.2) is 5.41 Å². The van der Waals surface area contributed by atoms with E-state index in [-0.39, 0.29) is 12.4 Å². The van der Waals surface area contributed by atoms with Gasteiger partial charge < -0.3 is 5.11 Å². The fourth-order valence-corrected chi connectivity index (χ4v) is 0.904. The lowest BCUT2D eigenvalue weighted by Crippen LogP contribution is -2.36. The van der Waals surface area contributed by atoms with Crippen LogP contribution in [0.15, 0.2) is 0 Å². The van der Waals surface area contributed by atoms with Gasteiger partial charge in [0.2, 0.25) is 0 Å². The number of nitriles is 1. The molecule has 10 heavy (non-hydrogen) atoms. The Morgan fingerprint density at radius 1 is 1.60 bits per heavy atom. The monoisotopic (exact) mass is 161 g/mol. The number of nitrogens with zero attached hydrogens (tertiary/aromatic N) is 1. The second kappa shape index (κ2) is 2.89. The lowest BCUT2D eigenvalue weighted by Gasteiger charge is -2.29. The molecule has 1 aliphatic carbocycles. The second-order valence-electron chi connectivity index (χ2n) is 2.35. The predicted molar refractivity (Wildman–Crippen MR) is 36.8 cm³/mol. The van der Waals surface area contributed by atoms with E-state index in [1.165, 1.54) is 0 Å². The zero-order valence-corrected chi connectivity index (χ0v) is 6.15. The van der Waals surface area contributed by atoms with E-state index in [0.29, 0.717) is 12.8 Å². The van der Waals surface area contributed by atoms with Crippen LogP contribution < -0.4 is 0 Å². The maximum atomic E-state index is 10.3. The van der Waals surface area contributed by atoms with Crippen LogP contribution in [0.4, 0.5) is 0 Å². The van der Waals surface area contributed by atoms with E-state index in [1.807, 2.05) is 6.07 Å². The van der Waals surface area contributed by atoms with E-state index < -0.39 is 11.4 Å². The van der Waals surface area contributed by atoms with Crippen molar-refractivity contribution in [1.82, 2.24) is 0 Å². The van der Waals surface area contributed by atoms with Gasteiger partial charge in [-0.15, -0.1) is 12.4 Å². The van der Waals surface area contributed by atoms with Crippen molar-refractivity contribution in [1.29, 1.82) is 5.26 Å². The Bertz CT molecular complexity index is 181. The summed E-state index contributed by atoms with van der Waals surface area (Å²) in [4.78, 5) is 10.3. The summed E-state index contributed by atoms with van der Waals surface area (Å²) in [6.45, 7) is 0. The van der Waals surface area contributed by atoms with Crippen LogP contribution in [0, 0.1) is 16.7 Å². The summed E-state index contributed by atoms with van der Waals surface area (Å²) in [5.74, 6) is -0.962. The summed E-state index contributed by atoms with van der Waals surface area (Å²) in [7, 11) is 0. The molecular weight excluding hydrogens is 154 g/mol. The number of rotatable bonds is 1. The molecule has 0 spiro atoms. The van der Waals surface area contributed by atoms with E-state index in [9.17, 15) is 4.79 Å². The molecule has 0 aromatic rings. The van der Waals surface area contributed by atoms with Crippen molar-refractivity contribution in [2.45, 2.75) is 19.3 Å². The van der Waals surface area contributed by atoms with Gasteiger partial charge in [0.25, 0.3) is 0 Å². The van der Waals surface area contributed by atoms with Crippen molar-refractivity contribution in [3.63, 3.8) is 0 Å². The molecule has 0 radical (unpaired) electrons. The van der Waals surface area contributed by atoms with E-state index in [0.717, 1.165) is 6.42 Å². The van der Waals surface area contributed by atoms with Crippen LogP contribution in [0.2, 0.25) is 0 Å². The molecule has 56 valence electrons. The van der Waals surface area contributed by atoms with Crippen LogP contribution >= 0.6 is 12.4 Å². The van der Waals surface area contributed by atoms with Gasteiger partial charge in [0.05, 0.1) is 6.07 Å². The topological polar surface area (TPSA) is 61.1 Å². The van der Waals surface area contributed by atoms with Crippen LogP contribution in [0.25, 0.3) is 0 Å². The molecule has 0 heterocycles. The Morgan fingerprint density at radius 2 is 2.10 bits per heavy atom. The molecule has 1 N–H and O–H groups in total. The molecule has 0 aromatic heterocycles. The number of halogens is 1. The van der Waals surface area contributed by atoms with Gasteiger partial charge >= 0.3 is 5.97 Å². The van der Waals surface area contributed by atoms with Gasteiger partial charge in [-0.25, -0.2) is 0 Å². The highest BCUT2D eigenvalue weighted by atomic mass is 35.5. The number of carbonyl (C=O) groups is 1. The summed E-state index contributed by atoms with van der Waals surface area (Å²) in [5, 5.41) is 16.8. The van der Waals surface area contributed by atoms with Crippen LogP contribution in [-0.2, 0) is 4.79 Å². The largest absolute Gasteiger partial charge is 0.480 e. The van der Waals surface area contributed by atoms with Crippen molar-refractivity contribution in [2.24, 2.45) is 5.41 Å². The number of hydrogen-bond donors (Lipinski definition) is 1. The molecule has 0 amide bonds. The van der Waals surface area contributed by atoms with Gasteiger partial charge in [0.1, 0.15) is 0 Å². The van der Waals surface area contributed by atoms with Gasteiger partial charge in [-0.2, -0.15) is 5.26 Å². The standard InChI is InChI=1S/C6H7NO2.ClH/c7-4-6(5(8)9)2-1-3-6;/h1-3H2,(H,8,9);1H. The first-order valence-electron chi connectivity index (χ1n) is 2.86. The van der Waals surface area contributed by atoms with Crippen molar-refractivity contribution >= 4 is 18.4 Å². The number of carboxylic acids is 1. The maximum Gasteiger partial charge on any atom is 0.324 e. The summed E-state index contributed by atoms with van der Waals surface area (Å²) < 4.78 is 0. The average molecular weight is 162 g/mol. The zero-order chi connectivity index (χ0) is 6.91. The fraction of sp³-hybridized carbons (Fsp3) is 0.667. The Kier molecular flexibility index (Phi) is 2.67. The van der Waals surface area contributed by atoms with E-state index in [4.69, 9.17) is 10.4 Å². The molecule has 1 rings (SSSR count). The molecule has 0 saturated heterocycles. The molecule has 1 aliphatic rings. The highest BCUT2D eigenvalue weighted by molar-refractivity contribution is 5.85. The number of carboxylic acid groups (broad SMARTS) is 1. The summed E-state index contributed by atoms with van der Waals surface area (Å²) in [6, 6.07) is 1.81. The molecule has 0 unspecified atom stereocenters. The molecule has 3 nitrogen and oxygen atoms in total. The lowest BCUT2D eigenvalue weighted by atomic mass is 9.70. The van der Waals surface area contributed by atoms with Crippen LogP contribution in [0.3, 0.4) is 0 Å². The van der Waals surface area contributed by atoms with Gasteiger partial charge in [-0.1, -0.05) is 0 Å². The molecule has 1 saturated carbocycles. The quantitative estimate of drug-likeness (QED) is 0.629. The molecule has 1 fully saturated rings. The highest BCUT2D eigenvalue weighted by Gasteiger charge is 2.44. The normalized spacial score (nSPS) is 19.5. The smallest absolute Gasteiger partial charge is 0.324 e. The van der Waals surface area contributed by atoms with E-state index >= 15 is 0 Å². The molecule has 0 aromatic carbocycles. The van der Waals surface area contributed by atoms with E-state index in [1.54, 1.807) is 0 Å². The summed E-state index contributed by atoms with van der Waals surface area (Å²) in [5.41, 5.74) is -1.01. The first kappa shape index (κ1) is 9.25. The maximum absolute atomic E-state index is 10.3. The third kappa shape index (κ3) is 1.07. The summed E-state index contributed by atoms with van der Waals surface area (Å²) in [6.07, 6.45) is 1.93. The molecule has 0 bridgehead atoms. The molecule has 0 atom stereocenters. The Morgan fingerprint density at radius 3 is 2.10 bits per heavy atom. The van der Waals surface area contributed by atoms with Crippen LogP contribution in [0.5, 0.6) is 0 Å². The Balaban J connectivity index is 0.000000810. The lowest BCUT2D eigenvalue weighted by molar-refractivity contribution is -0.149. The molecule has 4 heteroatoms. The first-order valence-corrected chi connectivity index (χ1v) is 2.86. The summed E-state index contributed by atoms with van der Waals surface area (Å²) >= 11 is 0. The van der Waals surface area contributed by atoms with Crippen molar-refractivity contribution in [3.8, 4) is 6.07 Å². The van der Waals surface area contributed by atoms with Crippen molar-refractivity contribution in [2.75, 3.05) is 0 Å². The van der Waals surface area contributed by atoms with Crippen molar-refractivity contribution in [3.05, 3.63) is 0 Å². The second-order valence-corrected chi connectivity index (χ2v) is 2.35. The third-order valence-electron chi connectivity index (χ3n) is 1.83. The number of hydrogen-bond acceptors (Lipinski definition) is 2. The van der Waals surface area contributed by atoms with Crippen LogP contribution in [-0.4, -0.2) is 11.1 Å². The number of aliphatic carboxylic acids is 1. The minimum Gasteiger partial charge on any atom is -0.480 e. The zero-order valence-electron chi connectivity index (χ0n) is 5.33. The van der Waals surface area contributed by atoms with Crippen LogP contribution in [0.1, 0.15) is 19.3 Å². The van der Waals surface area contributed by atoms with Gasteiger partial charge in [0, 0.05) is 0 Å². The van der Waals surface area contributed by atoms with E-state index in [2.05, 4.69) is 0 Å². The third-order valence-corrected chi connectivity index (χ3v) is 1.83. The SMILES string of the molecule is Cl.N#CC1(C(=O)O)CCC1. The predicted octanol–water partition coefficient (Wildman–Crippen LogP) is 1.19. The Hall–Kier alpha value is -0.750. The minimum atomic E-state index is -1.01. The molecular formula is C6H8ClNO2. The van der Waals surface area contributed by atoms with Gasteiger partial charge in [-0.3, -0.25) is 4.79 Å².